The van der Waals surface area contributed by atoms with E-state index in [0.29, 0.717) is 12.4 Å². The van der Waals surface area contributed by atoms with Gasteiger partial charge in [-0.1, -0.05) is 37.3 Å². The number of carbonyl (C=O) groups excluding carboxylic acids is 1. The molecular weight excluding hydrogens is 252 g/mol. The van der Waals surface area contributed by atoms with Crippen LogP contribution in [0.4, 0.5) is 5.82 Å². The van der Waals surface area contributed by atoms with Gasteiger partial charge in [0.25, 0.3) is 0 Å². The first-order chi connectivity index (χ1) is 9.67. The molecule has 0 aliphatic carbocycles. The topological polar surface area (TPSA) is 61.0 Å². The Labute approximate surface area is 119 Å². The van der Waals surface area contributed by atoms with Gasteiger partial charge in [0.05, 0.1) is 6.54 Å². The van der Waals surface area contributed by atoms with Gasteiger partial charge < -0.3 is 5.32 Å². The van der Waals surface area contributed by atoms with Crippen molar-refractivity contribution in [1.82, 2.24) is 15.1 Å². The predicted octanol–water partition coefficient (Wildman–Crippen LogP) is 2.04. The normalized spacial score (nSPS) is 10.8. The Morgan fingerprint density at radius 2 is 2.10 bits per heavy atom. The van der Waals surface area contributed by atoms with Crippen molar-refractivity contribution in [2.24, 2.45) is 0 Å². The maximum atomic E-state index is 11.9. The number of likely N-dealkylation sites (N-methyl/N-ethyl adjacent to an activating group) is 1. The molecule has 1 aromatic carbocycles. The SMILES string of the molecule is CCc1cc(NC(=O)CN(C)Cc2ccccc2)n[nH]1. The first kappa shape index (κ1) is 14.3. The van der Waals surface area contributed by atoms with Crippen molar-refractivity contribution in [3.8, 4) is 0 Å². The summed E-state index contributed by atoms with van der Waals surface area (Å²) < 4.78 is 0. The Hall–Kier alpha value is -2.14. The number of aromatic amines is 1. The number of aryl methyl sites for hydroxylation is 1. The van der Waals surface area contributed by atoms with Gasteiger partial charge in [-0.15, -0.1) is 0 Å². The van der Waals surface area contributed by atoms with Crippen LogP contribution in [0.25, 0.3) is 0 Å². The second kappa shape index (κ2) is 6.86. The second-order valence-electron chi connectivity index (χ2n) is 4.84. The molecule has 0 atom stereocenters. The van der Waals surface area contributed by atoms with E-state index in [1.807, 2.05) is 43.1 Å². The summed E-state index contributed by atoms with van der Waals surface area (Å²) in [7, 11) is 1.93. The standard InChI is InChI=1S/C15H20N4O/c1-3-13-9-14(18-17-13)16-15(20)11-19(2)10-12-7-5-4-6-8-12/h4-9H,3,10-11H2,1-2H3,(H2,16,17,18,20). The monoisotopic (exact) mass is 272 g/mol. The fourth-order valence-corrected chi connectivity index (χ4v) is 1.99. The van der Waals surface area contributed by atoms with Crippen LogP contribution in [-0.2, 0) is 17.8 Å². The Kier molecular flexibility index (Phi) is 4.90. The zero-order valence-electron chi connectivity index (χ0n) is 11.9. The van der Waals surface area contributed by atoms with E-state index in [4.69, 9.17) is 0 Å². The second-order valence-corrected chi connectivity index (χ2v) is 4.84. The smallest absolute Gasteiger partial charge is 0.239 e. The molecule has 1 amide bonds. The number of hydrogen-bond donors (Lipinski definition) is 2. The maximum Gasteiger partial charge on any atom is 0.239 e. The summed E-state index contributed by atoms with van der Waals surface area (Å²) >= 11 is 0. The van der Waals surface area contributed by atoms with E-state index in [0.717, 1.165) is 18.7 Å². The molecule has 2 N–H and O–H groups in total. The number of nitrogens with zero attached hydrogens (tertiary/aromatic N) is 2. The van der Waals surface area contributed by atoms with Crippen molar-refractivity contribution in [1.29, 1.82) is 0 Å². The Morgan fingerprint density at radius 3 is 2.75 bits per heavy atom. The van der Waals surface area contributed by atoms with Gasteiger partial charge in [0.1, 0.15) is 0 Å². The Bertz CT molecular complexity index is 550. The molecule has 1 aromatic heterocycles. The molecule has 106 valence electrons. The largest absolute Gasteiger partial charge is 0.308 e. The molecule has 0 unspecified atom stereocenters. The van der Waals surface area contributed by atoms with E-state index >= 15 is 0 Å². The van der Waals surface area contributed by atoms with Crippen LogP contribution in [0, 0.1) is 0 Å². The van der Waals surface area contributed by atoms with E-state index in [1.54, 1.807) is 0 Å². The quantitative estimate of drug-likeness (QED) is 0.846. The van der Waals surface area contributed by atoms with Crippen LogP contribution < -0.4 is 5.32 Å². The van der Waals surface area contributed by atoms with Crippen LogP contribution in [0.5, 0.6) is 0 Å². The van der Waals surface area contributed by atoms with Gasteiger partial charge >= 0.3 is 0 Å². The molecule has 0 aliphatic heterocycles. The van der Waals surface area contributed by atoms with Gasteiger partial charge in [-0.2, -0.15) is 5.10 Å². The average Bonchev–Trinajstić information content (AvgIpc) is 2.87. The Morgan fingerprint density at radius 1 is 1.35 bits per heavy atom. The molecule has 20 heavy (non-hydrogen) atoms. The molecule has 5 heteroatoms. The summed E-state index contributed by atoms with van der Waals surface area (Å²) in [4.78, 5) is 13.9. The summed E-state index contributed by atoms with van der Waals surface area (Å²) in [6, 6.07) is 11.9. The molecule has 0 spiro atoms. The van der Waals surface area contributed by atoms with Gasteiger partial charge in [0, 0.05) is 18.3 Å². The highest BCUT2D eigenvalue weighted by molar-refractivity contribution is 5.91. The van der Waals surface area contributed by atoms with Crippen LogP contribution in [0.1, 0.15) is 18.2 Å². The minimum atomic E-state index is -0.0578. The van der Waals surface area contributed by atoms with Crippen molar-refractivity contribution < 1.29 is 4.79 Å². The van der Waals surface area contributed by atoms with E-state index in [-0.39, 0.29) is 5.91 Å². The molecular formula is C15H20N4O. The number of rotatable bonds is 6. The number of aromatic nitrogens is 2. The zero-order chi connectivity index (χ0) is 14.4. The van der Waals surface area contributed by atoms with E-state index < -0.39 is 0 Å². The lowest BCUT2D eigenvalue weighted by Gasteiger charge is -2.15. The van der Waals surface area contributed by atoms with Crippen molar-refractivity contribution in [3.63, 3.8) is 0 Å². The zero-order valence-corrected chi connectivity index (χ0v) is 11.9. The molecule has 5 nitrogen and oxygen atoms in total. The van der Waals surface area contributed by atoms with Crippen LogP contribution in [0.2, 0.25) is 0 Å². The minimum absolute atomic E-state index is 0.0578. The van der Waals surface area contributed by atoms with E-state index in [1.165, 1.54) is 5.56 Å². The molecule has 0 saturated heterocycles. The fraction of sp³-hybridized carbons (Fsp3) is 0.333. The Balaban J connectivity index is 1.81. The first-order valence-electron chi connectivity index (χ1n) is 6.74. The summed E-state index contributed by atoms with van der Waals surface area (Å²) in [5.41, 5.74) is 2.20. The van der Waals surface area contributed by atoms with Crippen molar-refractivity contribution >= 4 is 11.7 Å². The van der Waals surface area contributed by atoms with E-state index in [2.05, 4.69) is 27.6 Å². The molecule has 0 aliphatic rings. The third kappa shape index (κ3) is 4.20. The summed E-state index contributed by atoms with van der Waals surface area (Å²) in [6.45, 7) is 3.12. The number of anilines is 1. The number of H-pyrrole nitrogens is 1. The van der Waals surface area contributed by atoms with Crippen molar-refractivity contribution in [2.45, 2.75) is 19.9 Å². The van der Waals surface area contributed by atoms with Crippen LogP contribution >= 0.6 is 0 Å². The van der Waals surface area contributed by atoms with E-state index in [9.17, 15) is 4.79 Å². The van der Waals surface area contributed by atoms with Gasteiger partial charge in [-0.05, 0) is 19.0 Å². The maximum absolute atomic E-state index is 11.9. The molecule has 0 fully saturated rings. The fourth-order valence-electron chi connectivity index (χ4n) is 1.99. The minimum Gasteiger partial charge on any atom is -0.308 e. The van der Waals surface area contributed by atoms with Crippen molar-refractivity contribution in [2.75, 3.05) is 18.9 Å². The first-order valence-corrected chi connectivity index (χ1v) is 6.74. The highest BCUT2D eigenvalue weighted by Crippen LogP contribution is 2.06. The van der Waals surface area contributed by atoms with Gasteiger partial charge in [-0.25, -0.2) is 0 Å². The number of nitrogens with one attached hydrogen (secondary N) is 2. The molecule has 0 radical (unpaired) electrons. The van der Waals surface area contributed by atoms with Gasteiger partial charge in [-0.3, -0.25) is 14.8 Å². The highest BCUT2D eigenvalue weighted by atomic mass is 16.2. The van der Waals surface area contributed by atoms with Crippen LogP contribution in [0.3, 0.4) is 0 Å². The molecule has 0 saturated carbocycles. The van der Waals surface area contributed by atoms with Gasteiger partial charge in [0.2, 0.25) is 5.91 Å². The highest BCUT2D eigenvalue weighted by Gasteiger charge is 2.09. The molecule has 0 bridgehead atoms. The average molecular weight is 272 g/mol. The van der Waals surface area contributed by atoms with Crippen LogP contribution in [-0.4, -0.2) is 34.6 Å². The summed E-state index contributed by atoms with van der Waals surface area (Å²) in [5, 5.41) is 9.71. The lowest BCUT2D eigenvalue weighted by Crippen LogP contribution is -2.29. The third-order valence-corrected chi connectivity index (χ3v) is 2.99. The summed E-state index contributed by atoms with van der Waals surface area (Å²) in [6.07, 6.45) is 0.872. The van der Waals surface area contributed by atoms with Crippen molar-refractivity contribution in [3.05, 3.63) is 47.7 Å². The van der Waals surface area contributed by atoms with Gasteiger partial charge in [0.15, 0.2) is 5.82 Å². The predicted molar refractivity (Wildman–Crippen MR) is 79.4 cm³/mol. The molecule has 2 rings (SSSR count). The lowest BCUT2D eigenvalue weighted by molar-refractivity contribution is -0.117. The lowest BCUT2D eigenvalue weighted by atomic mass is 10.2. The number of carbonyl (C=O) groups is 1. The van der Waals surface area contributed by atoms with Crippen LogP contribution in [0.15, 0.2) is 36.4 Å². The number of benzene rings is 1. The number of hydrogen-bond acceptors (Lipinski definition) is 3. The third-order valence-electron chi connectivity index (χ3n) is 2.99. The molecule has 2 aromatic rings. The molecule has 1 heterocycles. The summed E-state index contributed by atoms with van der Waals surface area (Å²) in [5.74, 6) is 0.526. The number of amides is 1.